The average Bonchev–Trinajstić information content (AvgIpc) is 2.47. The lowest BCUT2D eigenvalue weighted by molar-refractivity contribution is -0.384. The fourth-order valence-corrected chi connectivity index (χ4v) is 2.39. The molecule has 0 radical (unpaired) electrons. The Morgan fingerprint density at radius 3 is 2.19 bits per heavy atom. The number of carbonyl (C=O) groups is 1. The number of nitro groups is 1. The SMILES string of the molecule is Cc1ccc(S(=O)NC(=O)c2ccc([N+](=O)[O-])cc2)cc1. The molecule has 1 N–H and O–H groups in total. The summed E-state index contributed by atoms with van der Waals surface area (Å²) in [5.74, 6) is -0.552. The Kier molecular flexibility index (Phi) is 4.44. The second-order valence-electron chi connectivity index (χ2n) is 4.32. The first kappa shape index (κ1) is 14.9. The van der Waals surface area contributed by atoms with Crippen molar-refractivity contribution in [3.8, 4) is 0 Å². The van der Waals surface area contributed by atoms with Crippen LogP contribution in [0, 0.1) is 17.0 Å². The summed E-state index contributed by atoms with van der Waals surface area (Å²) in [4.78, 5) is 22.4. The number of hydrogen-bond donors (Lipinski definition) is 1. The number of nitrogens with zero attached hydrogens (tertiary/aromatic N) is 1. The van der Waals surface area contributed by atoms with Crippen LogP contribution in [0.4, 0.5) is 5.69 Å². The zero-order valence-corrected chi connectivity index (χ0v) is 11.9. The molecule has 0 heterocycles. The van der Waals surface area contributed by atoms with Gasteiger partial charge in [0, 0.05) is 17.7 Å². The van der Waals surface area contributed by atoms with Crippen molar-refractivity contribution < 1.29 is 13.9 Å². The van der Waals surface area contributed by atoms with E-state index < -0.39 is 21.8 Å². The number of nitro benzene ring substituents is 1. The first-order valence-corrected chi connectivity index (χ1v) is 7.16. The van der Waals surface area contributed by atoms with Gasteiger partial charge in [-0.1, -0.05) is 17.7 Å². The second kappa shape index (κ2) is 6.27. The van der Waals surface area contributed by atoms with Crippen LogP contribution in [0.2, 0.25) is 0 Å². The molecule has 6 nitrogen and oxygen atoms in total. The van der Waals surface area contributed by atoms with Gasteiger partial charge in [-0.25, -0.2) is 4.21 Å². The predicted molar refractivity (Wildman–Crippen MR) is 78.2 cm³/mol. The second-order valence-corrected chi connectivity index (χ2v) is 5.53. The number of non-ortho nitro benzene ring substituents is 1. The van der Waals surface area contributed by atoms with Gasteiger partial charge in [0.2, 0.25) is 0 Å². The van der Waals surface area contributed by atoms with E-state index in [0.29, 0.717) is 4.90 Å². The average molecular weight is 304 g/mol. The maximum absolute atomic E-state index is 12.0. The molecule has 0 bridgehead atoms. The Bertz CT molecular complexity index is 696. The van der Waals surface area contributed by atoms with Crippen LogP contribution in [-0.2, 0) is 11.0 Å². The number of hydrogen-bond acceptors (Lipinski definition) is 4. The molecule has 7 heteroatoms. The molecule has 2 aromatic rings. The van der Waals surface area contributed by atoms with Gasteiger partial charge in [0.25, 0.3) is 11.6 Å². The Morgan fingerprint density at radius 1 is 1.10 bits per heavy atom. The maximum atomic E-state index is 12.0. The molecule has 0 fully saturated rings. The van der Waals surface area contributed by atoms with Crippen molar-refractivity contribution in [2.75, 3.05) is 0 Å². The number of nitrogens with one attached hydrogen (secondary N) is 1. The van der Waals surface area contributed by atoms with Gasteiger partial charge in [-0.15, -0.1) is 0 Å². The summed E-state index contributed by atoms with van der Waals surface area (Å²) in [5.41, 5.74) is 1.13. The Balaban J connectivity index is 2.08. The van der Waals surface area contributed by atoms with Gasteiger partial charge >= 0.3 is 0 Å². The molecule has 0 aliphatic carbocycles. The minimum atomic E-state index is -1.67. The molecule has 1 amide bonds. The van der Waals surface area contributed by atoms with Crippen LogP contribution in [0.3, 0.4) is 0 Å². The van der Waals surface area contributed by atoms with Crippen molar-refractivity contribution in [2.45, 2.75) is 11.8 Å². The highest BCUT2D eigenvalue weighted by atomic mass is 32.2. The number of amides is 1. The van der Waals surface area contributed by atoms with Crippen molar-refractivity contribution in [3.63, 3.8) is 0 Å². The molecule has 0 saturated heterocycles. The Hall–Kier alpha value is -2.54. The first-order chi connectivity index (χ1) is 9.97. The minimum Gasteiger partial charge on any atom is -0.268 e. The van der Waals surface area contributed by atoms with Gasteiger partial charge in [0.05, 0.1) is 9.82 Å². The molecule has 108 valence electrons. The maximum Gasteiger partial charge on any atom is 0.269 e. The van der Waals surface area contributed by atoms with Gasteiger partial charge in [-0.3, -0.25) is 19.6 Å². The van der Waals surface area contributed by atoms with E-state index in [2.05, 4.69) is 4.72 Å². The molecule has 2 aromatic carbocycles. The summed E-state index contributed by atoms with van der Waals surface area (Å²) >= 11 is 0. The molecule has 0 saturated carbocycles. The van der Waals surface area contributed by atoms with E-state index in [4.69, 9.17) is 0 Å². The van der Waals surface area contributed by atoms with Crippen LogP contribution >= 0.6 is 0 Å². The smallest absolute Gasteiger partial charge is 0.268 e. The lowest BCUT2D eigenvalue weighted by atomic mass is 10.2. The van der Waals surface area contributed by atoms with Crippen LogP contribution in [0.1, 0.15) is 15.9 Å². The molecule has 21 heavy (non-hydrogen) atoms. The van der Waals surface area contributed by atoms with Crippen molar-refractivity contribution in [3.05, 3.63) is 69.8 Å². The molecule has 0 aromatic heterocycles. The summed E-state index contributed by atoms with van der Waals surface area (Å²) in [5, 5.41) is 10.5. The van der Waals surface area contributed by atoms with E-state index >= 15 is 0 Å². The van der Waals surface area contributed by atoms with Crippen LogP contribution in [0.25, 0.3) is 0 Å². The van der Waals surface area contributed by atoms with Gasteiger partial charge < -0.3 is 0 Å². The first-order valence-electron chi connectivity index (χ1n) is 6.01. The van der Waals surface area contributed by atoms with Crippen LogP contribution in [0.15, 0.2) is 53.4 Å². The molecule has 1 atom stereocenters. The van der Waals surface area contributed by atoms with Crippen molar-refractivity contribution in [1.82, 2.24) is 4.72 Å². The third-order valence-corrected chi connectivity index (χ3v) is 3.83. The fourth-order valence-electron chi connectivity index (χ4n) is 1.60. The normalized spacial score (nSPS) is 11.7. The highest BCUT2D eigenvalue weighted by Gasteiger charge is 2.12. The lowest BCUT2D eigenvalue weighted by Gasteiger charge is -2.05. The third kappa shape index (κ3) is 3.73. The van der Waals surface area contributed by atoms with Gasteiger partial charge in [-0.2, -0.15) is 0 Å². The molecule has 0 spiro atoms. The number of carbonyl (C=O) groups excluding carboxylic acids is 1. The van der Waals surface area contributed by atoms with Gasteiger partial charge in [0.15, 0.2) is 11.0 Å². The summed E-state index contributed by atoms with van der Waals surface area (Å²) in [6.45, 7) is 1.90. The zero-order chi connectivity index (χ0) is 15.4. The monoisotopic (exact) mass is 304 g/mol. The van der Waals surface area contributed by atoms with E-state index in [1.54, 1.807) is 24.3 Å². The largest absolute Gasteiger partial charge is 0.269 e. The molecule has 1 unspecified atom stereocenters. The molecule has 0 aliphatic heterocycles. The molecule has 0 aliphatic rings. The van der Waals surface area contributed by atoms with Gasteiger partial charge in [-0.05, 0) is 31.2 Å². The van der Waals surface area contributed by atoms with Gasteiger partial charge in [0.1, 0.15) is 0 Å². The van der Waals surface area contributed by atoms with Crippen LogP contribution in [0.5, 0.6) is 0 Å². The predicted octanol–water partition coefficient (Wildman–Crippen LogP) is 2.36. The Morgan fingerprint density at radius 2 is 1.67 bits per heavy atom. The molecular formula is C14H12N2O4S. The van der Waals surface area contributed by atoms with Crippen molar-refractivity contribution >= 4 is 22.6 Å². The quantitative estimate of drug-likeness (QED) is 0.693. The summed E-state index contributed by atoms with van der Waals surface area (Å²) in [6, 6.07) is 12.0. The van der Waals surface area contributed by atoms with Crippen LogP contribution < -0.4 is 4.72 Å². The highest BCUT2D eigenvalue weighted by Crippen LogP contribution is 2.12. The van der Waals surface area contributed by atoms with Crippen molar-refractivity contribution in [1.29, 1.82) is 0 Å². The van der Waals surface area contributed by atoms with E-state index in [-0.39, 0.29) is 11.3 Å². The lowest BCUT2D eigenvalue weighted by Crippen LogP contribution is -2.25. The topological polar surface area (TPSA) is 89.3 Å². The zero-order valence-electron chi connectivity index (χ0n) is 11.1. The molecular weight excluding hydrogens is 292 g/mol. The summed E-state index contributed by atoms with van der Waals surface area (Å²) < 4.78 is 14.3. The summed E-state index contributed by atoms with van der Waals surface area (Å²) in [7, 11) is -1.67. The van der Waals surface area contributed by atoms with Crippen LogP contribution in [-0.4, -0.2) is 15.0 Å². The number of aryl methyl sites for hydroxylation is 1. The third-order valence-electron chi connectivity index (χ3n) is 2.76. The minimum absolute atomic E-state index is 0.105. The molecule has 2 rings (SSSR count). The van der Waals surface area contributed by atoms with E-state index in [1.165, 1.54) is 24.3 Å². The standard InChI is InChI=1S/C14H12N2O4S/c1-10-2-8-13(9-3-10)21(20)15-14(17)11-4-6-12(7-5-11)16(18)19/h2-9H,1H3,(H,15,17). The van der Waals surface area contributed by atoms with E-state index in [9.17, 15) is 19.1 Å². The Labute approximate surface area is 123 Å². The number of rotatable bonds is 4. The number of benzene rings is 2. The highest BCUT2D eigenvalue weighted by molar-refractivity contribution is 7.83. The van der Waals surface area contributed by atoms with E-state index in [1.807, 2.05) is 6.92 Å². The van der Waals surface area contributed by atoms with E-state index in [0.717, 1.165) is 5.56 Å². The fraction of sp³-hybridized carbons (Fsp3) is 0.0714. The summed E-state index contributed by atoms with van der Waals surface area (Å²) in [6.07, 6.45) is 0. The van der Waals surface area contributed by atoms with Crippen molar-refractivity contribution in [2.24, 2.45) is 0 Å².